The molecule has 2 aromatic rings. The number of nitrogens with one attached hydrogen (secondary N) is 1. The minimum atomic E-state index is -0.477. The van der Waals surface area contributed by atoms with Crippen LogP contribution in [-0.2, 0) is 17.9 Å². The molecule has 1 amide bonds. The van der Waals surface area contributed by atoms with Crippen molar-refractivity contribution in [2.75, 3.05) is 19.7 Å². The van der Waals surface area contributed by atoms with Gasteiger partial charge in [-0.15, -0.1) is 0 Å². The summed E-state index contributed by atoms with van der Waals surface area (Å²) in [6.07, 6.45) is 1.31. The van der Waals surface area contributed by atoms with Crippen LogP contribution >= 0.6 is 0 Å². The zero-order valence-corrected chi connectivity index (χ0v) is 17.5. The molecule has 3 rings (SSSR count). The maximum atomic E-state index is 12.0. The van der Waals surface area contributed by atoms with E-state index < -0.39 is 4.92 Å². The first-order valence-electron chi connectivity index (χ1n) is 10.3. The molecule has 0 saturated carbocycles. The number of carbonyl (C=O) groups excluding carboxylic acids is 1. The number of hydrogen-bond donors (Lipinski definition) is 1. The third-order valence-electron chi connectivity index (χ3n) is 5.28. The van der Waals surface area contributed by atoms with Crippen molar-refractivity contribution in [3.8, 4) is 5.75 Å². The second kappa shape index (κ2) is 10.2. The summed E-state index contributed by atoms with van der Waals surface area (Å²) < 4.78 is 5.37. The monoisotopic (exact) mass is 411 g/mol. The molecule has 1 aliphatic heterocycles. The Kier molecular flexibility index (Phi) is 7.41. The van der Waals surface area contributed by atoms with E-state index >= 15 is 0 Å². The van der Waals surface area contributed by atoms with E-state index in [1.807, 2.05) is 12.1 Å². The Labute approximate surface area is 177 Å². The lowest BCUT2D eigenvalue weighted by atomic mass is 9.91. The molecular weight excluding hydrogens is 382 g/mol. The topological polar surface area (TPSA) is 84.7 Å². The minimum Gasteiger partial charge on any atom is -0.484 e. The highest BCUT2D eigenvalue weighted by Crippen LogP contribution is 2.22. The fourth-order valence-corrected chi connectivity index (χ4v) is 4.01. The largest absolute Gasteiger partial charge is 0.484 e. The Hall–Kier alpha value is -2.93. The van der Waals surface area contributed by atoms with E-state index in [9.17, 15) is 14.9 Å². The van der Waals surface area contributed by atoms with Crippen LogP contribution in [0, 0.1) is 22.0 Å². The van der Waals surface area contributed by atoms with Gasteiger partial charge in [0.15, 0.2) is 6.61 Å². The summed E-state index contributed by atoms with van der Waals surface area (Å²) in [5.74, 6) is 1.67. The van der Waals surface area contributed by atoms with Gasteiger partial charge in [0.05, 0.1) is 4.92 Å². The van der Waals surface area contributed by atoms with Gasteiger partial charge in [-0.3, -0.25) is 19.8 Å². The third-order valence-corrected chi connectivity index (χ3v) is 5.28. The quantitative estimate of drug-likeness (QED) is 0.528. The zero-order valence-electron chi connectivity index (χ0n) is 17.5. The van der Waals surface area contributed by atoms with E-state index in [0.29, 0.717) is 12.3 Å². The van der Waals surface area contributed by atoms with Gasteiger partial charge >= 0.3 is 0 Å². The van der Waals surface area contributed by atoms with Crippen molar-refractivity contribution in [3.63, 3.8) is 0 Å². The van der Waals surface area contributed by atoms with Crippen LogP contribution in [0.15, 0.2) is 48.5 Å². The zero-order chi connectivity index (χ0) is 21.5. The number of piperidine rings is 1. The van der Waals surface area contributed by atoms with Gasteiger partial charge in [0, 0.05) is 38.3 Å². The first-order chi connectivity index (χ1) is 14.4. The smallest absolute Gasteiger partial charge is 0.269 e. The van der Waals surface area contributed by atoms with Crippen LogP contribution in [-0.4, -0.2) is 35.4 Å². The van der Waals surface area contributed by atoms with Gasteiger partial charge in [0.25, 0.3) is 11.6 Å². The van der Waals surface area contributed by atoms with Crippen molar-refractivity contribution >= 4 is 11.6 Å². The molecule has 2 unspecified atom stereocenters. The second-order valence-electron chi connectivity index (χ2n) is 8.27. The van der Waals surface area contributed by atoms with Crippen LogP contribution in [0.1, 0.15) is 31.4 Å². The number of amides is 1. The summed E-state index contributed by atoms with van der Waals surface area (Å²) in [5.41, 5.74) is 2.30. The summed E-state index contributed by atoms with van der Waals surface area (Å²) in [5, 5.41) is 13.5. The van der Waals surface area contributed by atoms with Gasteiger partial charge in [-0.2, -0.15) is 0 Å². The Bertz CT molecular complexity index is 842. The minimum absolute atomic E-state index is 0.0143. The molecule has 1 heterocycles. The summed E-state index contributed by atoms with van der Waals surface area (Å²) in [6, 6.07) is 14.0. The fourth-order valence-electron chi connectivity index (χ4n) is 4.01. The van der Waals surface area contributed by atoms with Crippen LogP contribution in [0.25, 0.3) is 0 Å². The summed E-state index contributed by atoms with van der Waals surface area (Å²) >= 11 is 0. The highest BCUT2D eigenvalue weighted by atomic mass is 16.6. The summed E-state index contributed by atoms with van der Waals surface area (Å²) in [6.45, 7) is 8.19. The molecule has 7 heteroatoms. The van der Waals surface area contributed by atoms with Crippen LogP contribution < -0.4 is 10.1 Å². The van der Waals surface area contributed by atoms with Gasteiger partial charge in [0.1, 0.15) is 5.75 Å². The number of rotatable bonds is 8. The molecule has 0 radical (unpaired) electrons. The first kappa shape index (κ1) is 21.8. The van der Waals surface area contributed by atoms with E-state index in [-0.39, 0.29) is 18.2 Å². The number of non-ortho nitro benzene ring substituents is 1. The molecule has 30 heavy (non-hydrogen) atoms. The molecule has 7 nitrogen and oxygen atoms in total. The average Bonchev–Trinajstić information content (AvgIpc) is 2.71. The number of carbonyl (C=O) groups is 1. The lowest BCUT2D eigenvalue weighted by Crippen LogP contribution is -2.38. The van der Waals surface area contributed by atoms with Gasteiger partial charge in [-0.25, -0.2) is 0 Å². The van der Waals surface area contributed by atoms with Crippen LogP contribution in [0.2, 0.25) is 0 Å². The average molecular weight is 412 g/mol. The maximum absolute atomic E-state index is 12.0. The molecule has 0 aliphatic carbocycles. The normalized spacial score (nSPS) is 19.3. The maximum Gasteiger partial charge on any atom is 0.269 e. The van der Waals surface area contributed by atoms with E-state index in [1.54, 1.807) is 0 Å². The van der Waals surface area contributed by atoms with Crippen molar-refractivity contribution in [1.29, 1.82) is 0 Å². The van der Waals surface area contributed by atoms with Crippen molar-refractivity contribution < 1.29 is 14.5 Å². The molecule has 1 aliphatic rings. The molecule has 160 valence electrons. The highest BCUT2D eigenvalue weighted by Gasteiger charge is 2.21. The van der Waals surface area contributed by atoms with Crippen LogP contribution in [0.5, 0.6) is 5.75 Å². The molecule has 0 bridgehead atoms. The van der Waals surface area contributed by atoms with Gasteiger partial charge in [-0.1, -0.05) is 38.1 Å². The Balaban J connectivity index is 1.41. The number of nitro groups is 1. The fraction of sp³-hybridized carbons (Fsp3) is 0.435. The Morgan fingerprint density at radius 1 is 1.07 bits per heavy atom. The standard InChI is InChI=1S/C23H29N3O4/c1-17-11-18(2)14-25(13-17)15-20-5-3-19(4-6-20)12-24-23(27)16-30-22-9-7-21(8-10-22)26(28)29/h3-10,17-18H,11-16H2,1-2H3,(H,24,27). The van der Waals surface area contributed by atoms with Crippen LogP contribution in [0.3, 0.4) is 0 Å². The van der Waals surface area contributed by atoms with E-state index in [4.69, 9.17) is 4.74 Å². The van der Waals surface area contributed by atoms with Crippen molar-refractivity contribution in [2.24, 2.45) is 11.8 Å². The van der Waals surface area contributed by atoms with Gasteiger partial charge < -0.3 is 10.1 Å². The van der Waals surface area contributed by atoms with E-state index in [2.05, 4.69) is 36.2 Å². The lowest BCUT2D eigenvalue weighted by molar-refractivity contribution is -0.384. The number of benzene rings is 2. The summed E-state index contributed by atoms with van der Waals surface area (Å²) in [7, 11) is 0. The molecular formula is C23H29N3O4. The number of nitrogens with zero attached hydrogens (tertiary/aromatic N) is 2. The first-order valence-corrected chi connectivity index (χ1v) is 10.3. The predicted octanol–water partition coefficient (Wildman–Crippen LogP) is 3.77. The molecule has 2 aromatic carbocycles. The number of hydrogen-bond acceptors (Lipinski definition) is 5. The van der Waals surface area contributed by atoms with Crippen molar-refractivity contribution in [1.82, 2.24) is 10.2 Å². The molecule has 1 saturated heterocycles. The lowest BCUT2D eigenvalue weighted by Gasteiger charge is -2.35. The summed E-state index contributed by atoms with van der Waals surface area (Å²) in [4.78, 5) is 24.7. The number of ether oxygens (including phenoxy) is 1. The van der Waals surface area contributed by atoms with Crippen molar-refractivity contribution in [2.45, 2.75) is 33.4 Å². The molecule has 0 spiro atoms. The van der Waals surface area contributed by atoms with Crippen LogP contribution in [0.4, 0.5) is 5.69 Å². The van der Waals surface area contributed by atoms with Gasteiger partial charge in [0.2, 0.25) is 0 Å². The highest BCUT2D eigenvalue weighted by molar-refractivity contribution is 5.77. The van der Waals surface area contributed by atoms with Gasteiger partial charge in [-0.05, 0) is 41.5 Å². The SMILES string of the molecule is CC1CC(C)CN(Cc2ccc(CNC(=O)COc3ccc([N+](=O)[O-])cc3)cc2)C1. The van der Waals surface area contributed by atoms with E-state index in [1.165, 1.54) is 36.2 Å². The third kappa shape index (κ3) is 6.56. The molecule has 1 N–H and O–H groups in total. The molecule has 1 fully saturated rings. The number of nitro benzene ring substituents is 1. The second-order valence-corrected chi connectivity index (χ2v) is 8.27. The molecule has 2 atom stereocenters. The molecule has 0 aromatic heterocycles. The van der Waals surface area contributed by atoms with E-state index in [0.717, 1.165) is 37.0 Å². The predicted molar refractivity (Wildman–Crippen MR) is 115 cm³/mol. The Morgan fingerprint density at radius 3 is 2.27 bits per heavy atom. The number of likely N-dealkylation sites (tertiary alicyclic amines) is 1. The van der Waals surface area contributed by atoms with Crippen molar-refractivity contribution in [3.05, 3.63) is 69.8 Å². The Morgan fingerprint density at radius 2 is 1.67 bits per heavy atom.